The molecule has 2 rings (SSSR count). The quantitative estimate of drug-likeness (QED) is 0.782. The predicted octanol–water partition coefficient (Wildman–Crippen LogP) is 3.91. The first kappa shape index (κ1) is 15.8. The third kappa shape index (κ3) is 4.47. The zero-order valence-electron chi connectivity index (χ0n) is 12.7. The van der Waals surface area contributed by atoms with Gasteiger partial charge in [0.05, 0.1) is 0 Å². The van der Waals surface area contributed by atoms with Crippen molar-refractivity contribution in [1.82, 2.24) is 10.2 Å². The van der Waals surface area contributed by atoms with Gasteiger partial charge in [-0.3, -0.25) is 0 Å². The van der Waals surface area contributed by atoms with Crippen molar-refractivity contribution >= 4 is 11.6 Å². The van der Waals surface area contributed by atoms with Gasteiger partial charge in [-0.15, -0.1) is 0 Å². The number of halogens is 1. The van der Waals surface area contributed by atoms with Crippen molar-refractivity contribution in [3.63, 3.8) is 0 Å². The Morgan fingerprint density at radius 2 is 1.85 bits per heavy atom. The molecule has 1 N–H and O–H groups in total. The molecule has 112 valence electrons. The number of hydrogen-bond donors (Lipinski definition) is 1. The van der Waals surface area contributed by atoms with Gasteiger partial charge in [0.15, 0.2) is 0 Å². The second kappa shape index (κ2) is 8.02. The highest BCUT2D eigenvalue weighted by atomic mass is 35.5. The van der Waals surface area contributed by atoms with Crippen LogP contribution in [0.2, 0.25) is 5.02 Å². The van der Waals surface area contributed by atoms with Crippen molar-refractivity contribution in [3.05, 3.63) is 34.9 Å². The van der Waals surface area contributed by atoms with Gasteiger partial charge in [0.1, 0.15) is 0 Å². The molecule has 2 nitrogen and oxygen atoms in total. The van der Waals surface area contributed by atoms with E-state index in [4.69, 9.17) is 11.6 Å². The molecule has 0 atom stereocenters. The summed E-state index contributed by atoms with van der Waals surface area (Å²) >= 11 is 5.93. The number of benzene rings is 1. The minimum atomic E-state index is 0.705. The summed E-state index contributed by atoms with van der Waals surface area (Å²) in [6.07, 6.45) is 3.78. The van der Waals surface area contributed by atoms with Crippen molar-refractivity contribution in [1.29, 1.82) is 0 Å². The SMILES string of the molecule is CCCN(CC)CCNC1CC(c2ccc(Cl)cc2)C1. The van der Waals surface area contributed by atoms with E-state index in [0.29, 0.717) is 6.04 Å². The molecule has 0 radical (unpaired) electrons. The zero-order chi connectivity index (χ0) is 14.4. The third-order valence-corrected chi connectivity index (χ3v) is 4.58. The average molecular weight is 295 g/mol. The van der Waals surface area contributed by atoms with Gasteiger partial charge in [-0.05, 0) is 56.0 Å². The molecule has 20 heavy (non-hydrogen) atoms. The summed E-state index contributed by atoms with van der Waals surface area (Å²) in [6.45, 7) is 9.16. The molecule has 1 aliphatic rings. The van der Waals surface area contributed by atoms with Crippen molar-refractivity contribution in [3.8, 4) is 0 Å². The average Bonchev–Trinajstić information content (AvgIpc) is 2.41. The van der Waals surface area contributed by atoms with Gasteiger partial charge in [0.25, 0.3) is 0 Å². The lowest BCUT2D eigenvalue weighted by Crippen LogP contribution is -2.43. The summed E-state index contributed by atoms with van der Waals surface area (Å²) in [5, 5.41) is 4.52. The minimum Gasteiger partial charge on any atom is -0.313 e. The maximum absolute atomic E-state index is 5.93. The monoisotopic (exact) mass is 294 g/mol. The van der Waals surface area contributed by atoms with Crippen LogP contribution in [0.1, 0.15) is 44.6 Å². The lowest BCUT2D eigenvalue weighted by molar-refractivity contribution is 0.250. The topological polar surface area (TPSA) is 15.3 Å². The van der Waals surface area contributed by atoms with Crippen LogP contribution in [0.4, 0.5) is 0 Å². The summed E-state index contributed by atoms with van der Waals surface area (Å²) in [5.41, 5.74) is 1.44. The van der Waals surface area contributed by atoms with E-state index in [0.717, 1.165) is 24.0 Å². The number of likely N-dealkylation sites (N-methyl/N-ethyl adjacent to an activating group) is 1. The van der Waals surface area contributed by atoms with E-state index in [2.05, 4.69) is 36.2 Å². The van der Waals surface area contributed by atoms with Crippen molar-refractivity contribution in [2.45, 2.75) is 45.1 Å². The second-order valence-electron chi connectivity index (χ2n) is 5.81. The molecule has 0 amide bonds. The second-order valence-corrected chi connectivity index (χ2v) is 6.24. The number of rotatable bonds is 8. The first-order chi connectivity index (χ1) is 9.72. The van der Waals surface area contributed by atoms with Crippen LogP contribution in [0.25, 0.3) is 0 Å². The maximum atomic E-state index is 5.93. The molecule has 0 bridgehead atoms. The number of hydrogen-bond acceptors (Lipinski definition) is 2. The Kier molecular flexibility index (Phi) is 6.34. The molecule has 0 unspecified atom stereocenters. The highest BCUT2D eigenvalue weighted by molar-refractivity contribution is 6.30. The fourth-order valence-corrected chi connectivity index (χ4v) is 3.09. The Labute approximate surface area is 128 Å². The van der Waals surface area contributed by atoms with Crippen molar-refractivity contribution < 1.29 is 0 Å². The minimum absolute atomic E-state index is 0.705. The van der Waals surface area contributed by atoms with Gasteiger partial charge in [-0.2, -0.15) is 0 Å². The normalized spacial score (nSPS) is 22.0. The molecule has 1 aromatic carbocycles. The van der Waals surface area contributed by atoms with E-state index in [1.54, 1.807) is 0 Å². The van der Waals surface area contributed by atoms with E-state index < -0.39 is 0 Å². The molecule has 0 aliphatic heterocycles. The van der Waals surface area contributed by atoms with Crippen LogP contribution in [0.5, 0.6) is 0 Å². The number of nitrogens with one attached hydrogen (secondary N) is 1. The Hall–Kier alpha value is -0.570. The molecule has 0 saturated heterocycles. The third-order valence-electron chi connectivity index (χ3n) is 4.33. The summed E-state index contributed by atoms with van der Waals surface area (Å²) in [7, 11) is 0. The van der Waals surface area contributed by atoms with Gasteiger partial charge < -0.3 is 10.2 Å². The van der Waals surface area contributed by atoms with E-state index in [1.165, 1.54) is 37.9 Å². The molecule has 0 heterocycles. The summed E-state index contributed by atoms with van der Waals surface area (Å²) in [4.78, 5) is 2.52. The number of nitrogens with zero attached hydrogens (tertiary/aromatic N) is 1. The fraction of sp³-hybridized carbons (Fsp3) is 0.647. The van der Waals surface area contributed by atoms with E-state index in [9.17, 15) is 0 Å². The standard InChI is InChI=1S/C17H27ClN2/c1-3-10-20(4-2)11-9-19-17-12-15(13-17)14-5-7-16(18)8-6-14/h5-8,15,17,19H,3-4,9-13H2,1-2H3. The molecule has 0 aromatic heterocycles. The Balaban J connectivity index is 1.63. The van der Waals surface area contributed by atoms with Crippen LogP contribution in [-0.2, 0) is 0 Å². The van der Waals surface area contributed by atoms with Gasteiger partial charge in [-0.25, -0.2) is 0 Å². The summed E-state index contributed by atoms with van der Waals surface area (Å²) in [5.74, 6) is 0.725. The molecule has 0 spiro atoms. The highest BCUT2D eigenvalue weighted by Crippen LogP contribution is 2.37. The van der Waals surface area contributed by atoms with Gasteiger partial charge >= 0.3 is 0 Å². The smallest absolute Gasteiger partial charge is 0.0406 e. The lowest BCUT2D eigenvalue weighted by atomic mass is 9.76. The zero-order valence-corrected chi connectivity index (χ0v) is 13.5. The van der Waals surface area contributed by atoms with Crippen LogP contribution in [0, 0.1) is 0 Å². The first-order valence-corrected chi connectivity index (χ1v) is 8.32. The van der Waals surface area contributed by atoms with Crippen LogP contribution in [0.3, 0.4) is 0 Å². The Morgan fingerprint density at radius 3 is 2.45 bits per heavy atom. The van der Waals surface area contributed by atoms with Crippen molar-refractivity contribution in [2.24, 2.45) is 0 Å². The van der Waals surface area contributed by atoms with E-state index in [1.807, 2.05) is 12.1 Å². The molecule has 1 aliphatic carbocycles. The van der Waals surface area contributed by atoms with Crippen LogP contribution in [-0.4, -0.2) is 37.1 Å². The van der Waals surface area contributed by atoms with Gasteiger partial charge in [0.2, 0.25) is 0 Å². The molecular weight excluding hydrogens is 268 g/mol. The van der Waals surface area contributed by atoms with E-state index >= 15 is 0 Å². The maximum Gasteiger partial charge on any atom is 0.0406 e. The molecule has 1 saturated carbocycles. The van der Waals surface area contributed by atoms with Crippen molar-refractivity contribution in [2.75, 3.05) is 26.2 Å². The molecule has 1 fully saturated rings. The predicted molar refractivity (Wildman–Crippen MR) is 87.6 cm³/mol. The van der Waals surface area contributed by atoms with Crippen LogP contribution in [0.15, 0.2) is 24.3 Å². The van der Waals surface area contributed by atoms with Crippen LogP contribution >= 0.6 is 11.6 Å². The molecule has 1 aromatic rings. The fourth-order valence-electron chi connectivity index (χ4n) is 2.96. The Morgan fingerprint density at radius 1 is 1.15 bits per heavy atom. The Bertz CT molecular complexity index is 384. The highest BCUT2D eigenvalue weighted by Gasteiger charge is 2.29. The lowest BCUT2D eigenvalue weighted by Gasteiger charge is -2.37. The summed E-state index contributed by atoms with van der Waals surface area (Å²) < 4.78 is 0. The van der Waals surface area contributed by atoms with Gasteiger partial charge in [-0.1, -0.05) is 37.6 Å². The largest absolute Gasteiger partial charge is 0.313 e. The summed E-state index contributed by atoms with van der Waals surface area (Å²) in [6, 6.07) is 9.05. The first-order valence-electron chi connectivity index (χ1n) is 7.94. The van der Waals surface area contributed by atoms with E-state index in [-0.39, 0.29) is 0 Å². The molecule has 3 heteroatoms. The van der Waals surface area contributed by atoms with Crippen LogP contribution < -0.4 is 5.32 Å². The molecular formula is C17H27ClN2. The van der Waals surface area contributed by atoms with Gasteiger partial charge in [0, 0.05) is 24.2 Å².